The maximum absolute atomic E-state index is 12.4. The molecule has 4 nitrogen and oxygen atoms in total. The largest absolute Gasteiger partial charge is 0.378 e. The third-order valence-electron chi connectivity index (χ3n) is 4.19. The first-order valence-electron chi connectivity index (χ1n) is 6.77. The lowest BCUT2D eigenvalue weighted by Gasteiger charge is -2.54. The minimum absolute atomic E-state index is 0.00261. The van der Waals surface area contributed by atoms with Gasteiger partial charge in [-0.1, -0.05) is 13.8 Å². The fourth-order valence-electron chi connectivity index (χ4n) is 2.84. The van der Waals surface area contributed by atoms with Crippen molar-refractivity contribution in [2.24, 2.45) is 5.41 Å². The minimum atomic E-state index is 0.00261. The molecule has 104 valence electrons. The van der Waals surface area contributed by atoms with Crippen LogP contribution in [0.25, 0.3) is 0 Å². The highest BCUT2D eigenvalue weighted by Crippen LogP contribution is 2.45. The Morgan fingerprint density at radius 1 is 1.58 bits per heavy atom. The molecule has 0 unspecified atom stereocenters. The fourth-order valence-corrected chi connectivity index (χ4v) is 2.84. The summed E-state index contributed by atoms with van der Waals surface area (Å²) in [5.41, 5.74) is 0.642. The molecular weight excluding hydrogens is 240 g/mol. The average molecular weight is 262 g/mol. The van der Waals surface area contributed by atoms with Crippen LogP contribution in [0.15, 0.2) is 24.5 Å². The van der Waals surface area contributed by atoms with E-state index in [9.17, 15) is 4.79 Å². The van der Waals surface area contributed by atoms with E-state index in [2.05, 4.69) is 18.8 Å². The predicted molar refractivity (Wildman–Crippen MR) is 73.9 cm³/mol. The van der Waals surface area contributed by atoms with Crippen molar-refractivity contribution in [3.63, 3.8) is 0 Å². The lowest BCUT2D eigenvalue weighted by molar-refractivity contribution is -0.136. The van der Waals surface area contributed by atoms with Gasteiger partial charge in [-0.3, -0.25) is 9.78 Å². The van der Waals surface area contributed by atoms with Crippen LogP contribution in [-0.2, 0) is 4.74 Å². The molecule has 0 radical (unpaired) electrons. The molecule has 2 atom stereocenters. The first-order chi connectivity index (χ1) is 8.98. The van der Waals surface area contributed by atoms with Gasteiger partial charge in [-0.25, -0.2) is 0 Å². The molecule has 1 aliphatic carbocycles. The Morgan fingerprint density at radius 3 is 2.84 bits per heavy atom. The van der Waals surface area contributed by atoms with E-state index in [-0.39, 0.29) is 23.5 Å². The second-order valence-electron chi connectivity index (χ2n) is 5.67. The van der Waals surface area contributed by atoms with Crippen LogP contribution in [0.1, 0.15) is 37.6 Å². The molecule has 4 heteroatoms. The van der Waals surface area contributed by atoms with Crippen LogP contribution in [-0.4, -0.2) is 41.6 Å². The Hall–Kier alpha value is -1.42. The molecular formula is C15H22N2O2. The molecule has 0 bridgehead atoms. The van der Waals surface area contributed by atoms with E-state index >= 15 is 0 Å². The number of hydrogen-bond acceptors (Lipinski definition) is 3. The second kappa shape index (κ2) is 5.29. The first kappa shape index (κ1) is 14.0. The zero-order valence-corrected chi connectivity index (χ0v) is 12.1. The lowest BCUT2D eigenvalue weighted by atomic mass is 9.63. The van der Waals surface area contributed by atoms with Gasteiger partial charge < -0.3 is 9.64 Å². The fraction of sp³-hybridized carbons (Fsp3) is 0.600. The molecule has 0 spiro atoms. The predicted octanol–water partition coefficient (Wildman–Crippen LogP) is 2.36. The van der Waals surface area contributed by atoms with Gasteiger partial charge >= 0.3 is 0 Å². The van der Waals surface area contributed by atoms with Crippen molar-refractivity contribution in [1.82, 2.24) is 9.88 Å². The van der Waals surface area contributed by atoms with Crippen molar-refractivity contribution in [1.29, 1.82) is 0 Å². The Kier molecular flexibility index (Phi) is 3.90. The normalized spacial score (nSPS) is 24.6. The number of hydrogen-bond donors (Lipinski definition) is 0. The maximum atomic E-state index is 12.4. The van der Waals surface area contributed by atoms with Crippen LogP contribution >= 0.6 is 0 Å². The Labute approximate surface area is 114 Å². The van der Waals surface area contributed by atoms with E-state index in [1.807, 2.05) is 18.9 Å². The van der Waals surface area contributed by atoms with E-state index in [0.717, 1.165) is 13.0 Å². The van der Waals surface area contributed by atoms with E-state index in [0.29, 0.717) is 5.56 Å². The molecule has 1 aliphatic rings. The summed E-state index contributed by atoms with van der Waals surface area (Å²) in [5, 5.41) is 0. The Balaban J connectivity index is 2.06. The van der Waals surface area contributed by atoms with Crippen LogP contribution in [0.4, 0.5) is 0 Å². The first-order valence-corrected chi connectivity index (χ1v) is 6.77. The molecule has 1 aromatic heterocycles. The number of aromatic nitrogens is 1. The van der Waals surface area contributed by atoms with E-state index in [1.165, 1.54) is 0 Å². The van der Waals surface area contributed by atoms with Crippen molar-refractivity contribution >= 4 is 5.91 Å². The molecule has 2 rings (SSSR count). The summed E-state index contributed by atoms with van der Waals surface area (Å²) in [4.78, 5) is 18.2. The molecule has 0 saturated heterocycles. The number of pyridine rings is 1. The zero-order valence-electron chi connectivity index (χ0n) is 12.1. The number of amides is 1. The van der Waals surface area contributed by atoms with E-state index in [4.69, 9.17) is 4.74 Å². The number of nitrogens with zero attached hydrogens (tertiary/aromatic N) is 2. The third kappa shape index (κ3) is 2.50. The second-order valence-corrected chi connectivity index (χ2v) is 5.67. The molecule has 1 fully saturated rings. The van der Waals surface area contributed by atoms with Crippen molar-refractivity contribution in [2.75, 3.05) is 13.7 Å². The van der Waals surface area contributed by atoms with Gasteiger partial charge in [0.25, 0.3) is 5.91 Å². The topological polar surface area (TPSA) is 42.4 Å². The van der Waals surface area contributed by atoms with Crippen molar-refractivity contribution in [2.45, 2.75) is 39.3 Å². The molecule has 0 aromatic carbocycles. The molecule has 1 saturated carbocycles. The molecule has 19 heavy (non-hydrogen) atoms. The average Bonchev–Trinajstić information content (AvgIpc) is 2.42. The van der Waals surface area contributed by atoms with Crippen LogP contribution < -0.4 is 0 Å². The number of ether oxygens (including phenoxy) is 1. The standard InChI is InChI=1S/C15H22N2O2/c1-5-19-13-9-12(15(13,2)3)17(4)14(18)11-7-6-8-16-10-11/h6-8,10,12-13H,5,9H2,1-4H3/t12-,13-/m1/s1. The summed E-state index contributed by atoms with van der Waals surface area (Å²) in [5.74, 6) is 0.0288. The molecule has 1 amide bonds. The highest BCUT2D eigenvalue weighted by Gasteiger charge is 2.51. The van der Waals surface area contributed by atoms with Gasteiger partial charge in [0.15, 0.2) is 0 Å². The van der Waals surface area contributed by atoms with Gasteiger partial charge in [0.05, 0.1) is 11.7 Å². The maximum Gasteiger partial charge on any atom is 0.255 e. The Bertz CT molecular complexity index is 445. The molecule has 1 heterocycles. The summed E-state index contributed by atoms with van der Waals surface area (Å²) in [6, 6.07) is 3.81. The summed E-state index contributed by atoms with van der Waals surface area (Å²) in [6.07, 6.45) is 4.44. The van der Waals surface area contributed by atoms with E-state index in [1.54, 1.807) is 24.5 Å². The zero-order chi connectivity index (χ0) is 14.0. The van der Waals surface area contributed by atoms with Gasteiger partial charge in [-0.05, 0) is 25.5 Å². The van der Waals surface area contributed by atoms with Gasteiger partial charge in [0.2, 0.25) is 0 Å². The third-order valence-corrected chi connectivity index (χ3v) is 4.19. The highest BCUT2D eigenvalue weighted by molar-refractivity contribution is 5.94. The van der Waals surface area contributed by atoms with Gasteiger partial charge in [0.1, 0.15) is 0 Å². The van der Waals surface area contributed by atoms with Gasteiger partial charge in [-0.15, -0.1) is 0 Å². The van der Waals surface area contributed by atoms with Crippen LogP contribution in [0.2, 0.25) is 0 Å². The summed E-state index contributed by atoms with van der Waals surface area (Å²) in [7, 11) is 1.86. The highest BCUT2D eigenvalue weighted by atomic mass is 16.5. The van der Waals surface area contributed by atoms with Gasteiger partial charge in [0, 0.05) is 37.5 Å². The minimum Gasteiger partial charge on any atom is -0.378 e. The number of carbonyl (C=O) groups is 1. The monoisotopic (exact) mass is 262 g/mol. The number of rotatable bonds is 4. The smallest absolute Gasteiger partial charge is 0.255 e. The molecule has 1 aromatic rings. The van der Waals surface area contributed by atoms with Gasteiger partial charge in [-0.2, -0.15) is 0 Å². The van der Waals surface area contributed by atoms with Crippen molar-refractivity contribution < 1.29 is 9.53 Å². The quantitative estimate of drug-likeness (QED) is 0.836. The lowest BCUT2D eigenvalue weighted by Crippen LogP contribution is -2.62. The van der Waals surface area contributed by atoms with Crippen LogP contribution in [0, 0.1) is 5.41 Å². The molecule has 0 aliphatic heterocycles. The van der Waals surface area contributed by atoms with Crippen LogP contribution in [0.3, 0.4) is 0 Å². The molecule has 0 N–H and O–H groups in total. The summed E-state index contributed by atoms with van der Waals surface area (Å²) < 4.78 is 5.71. The van der Waals surface area contributed by atoms with Crippen molar-refractivity contribution in [3.8, 4) is 0 Å². The SMILES string of the molecule is CCO[C@@H]1C[C@@H](N(C)C(=O)c2cccnc2)C1(C)C. The Morgan fingerprint density at radius 2 is 2.32 bits per heavy atom. The van der Waals surface area contributed by atoms with Crippen molar-refractivity contribution in [3.05, 3.63) is 30.1 Å². The summed E-state index contributed by atoms with van der Waals surface area (Å²) >= 11 is 0. The number of carbonyl (C=O) groups excluding carboxylic acids is 1. The van der Waals surface area contributed by atoms with Crippen LogP contribution in [0.5, 0.6) is 0 Å². The summed E-state index contributed by atoms with van der Waals surface area (Å²) in [6.45, 7) is 7.05. The van der Waals surface area contributed by atoms with E-state index < -0.39 is 0 Å².